The van der Waals surface area contributed by atoms with E-state index in [0.717, 1.165) is 0 Å². The van der Waals surface area contributed by atoms with Gasteiger partial charge in [-0.05, 0) is 68.9 Å². The van der Waals surface area contributed by atoms with E-state index in [1.54, 1.807) is 50.2 Å². The first kappa shape index (κ1) is 34.9. The lowest BCUT2D eigenvalue weighted by Gasteiger charge is -2.19. The van der Waals surface area contributed by atoms with Gasteiger partial charge in [0.25, 0.3) is 0 Å². The minimum absolute atomic E-state index is 0.0224. The second-order valence-electron chi connectivity index (χ2n) is 10.7. The second-order valence-corrected chi connectivity index (χ2v) is 10.7. The van der Waals surface area contributed by atoms with Crippen molar-refractivity contribution >= 4 is 24.4 Å². The summed E-state index contributed by atoms with van der Waals surface area (Å²) >= 11 is 0. The lowest BCUT2D eigenvalue weighted by molar-refractivity contribution is -0.151. The summed E-state index contributed by atoms with van der Waals surface area (Å²) in [5.41, 5.74) is 6.53. The molecule has 0 spiro atoms. The highest BCUT2D eigenvalue weighted by Gasteiger charge is 2.24. The number of benzene rings is 2. The molecule has 12 heteroatoms. The third-order valence-corrected chi connectivity index (χ3v) is 6.29. The van der Waals surface area contributed by atoms with E-state index in [9.17, 15) is 19.2 Å². The Bertz CT molecular complexity index is 1220. The average molecular weight is 604 g/mol. The van der Waals surface area contributed by atoms with E-state index < -0.39 is 48.8 Å². The van der Waals surface area contributed by atoms with Gasteiger partial charge in [-0.25, -0.2) is 14.4 Å². The molecule has 0 bridgehead atoms. The van der Waals surface area contributed by atoms with Gasteiger partial charge in [0.1, 0.15) is 36.7 Å². The summed E-state index contributed by atoms with van der Waals surface area (Å²) in [7, 11) is 0. The van der Waals surface area contributed by atoms with Crippen molar-refractivity contribution in [3.8, 4) is 17.2 Å². The van der Waals surface area contributed by atoms with Gasteiger partial charge in [-0.15, -0.1) is 0 Å². The molecule has 2 rings (SSSR count). The quantitative estimate of drug-likeness (QED) is 0.166. The fourth-order valence-electron chi connectivity index (χ4n) is 3.10. The summed E-state index contributed by atoms with van der Waals surface area (Å²) in [5, 5.41) is 0. The molecule has 0 aromatic heterocycles. The molecule has 0 aliphatic carbocycles. The highest BCUT2D eigenvalue weighted by molar-refractivity contribution is 5.76. The van der Waals surface area contributed by atoms with E-state index in [4.69, 9.17) is 38.9 Å². The molecule has 0 fully saturated rings. The molecule has 4 atom stereocenters. The third-order valence-electron chi connectivity index (χ3n) is 6.29. The Kier molecular flexibility index (Phi) is 13.8. The van der Waals surface area contributed by atoms with Crippen LogP contribution in [0.15, 0.2) is 48.5 Å². The van der Waals surface area contributed by atoms with Crippen LogP contribution in [0.5, 0.6) is 17.2 Å². The maximum Gasteiger partial charge on any atom is 0.514 e. The Morgan fingerprint density at radius 1 is 0.674 bits per heavy atom. The monoisotopic (exact) mass is 603 g/mol. The fourth-order valence-corrected chi connectivity index (χ4v) is 3.10. The molecule has 2 aromatic rings. The lowest BCUT2D eigenvalue weighted by atomic mass is 10.1. The predicted octanol–water partition coefficient (Wildman–Crippen LogP) is 5.82. The lowest BCUT2D eigenvalue weighted by Crippen LogP contribution is -2.37. The number of hydrogen-bond acceptors (Lipinski definition) is 12. The van der Waals surface area contributed by atoms with Crippen molar-refractivity contribution < 1.29 is 52.3 Å². The van der Waals surface area contributed by atoms with Crippen molar-refractivity contribution in [3.05, 3.63) is 54.1 Å². The molecule has 0 aliphatic heterocycles. The summed E-state index contributed by atoms with van der Waals surface area (Å²) in [6.45, 7) is 12.2. The first-order valence-corrected chi connectivity index (χ1v) is 14.0. The molecule has 0 radical (unpaired) electrons. The molecule has 2 unspecified atom stereocenters. The van der Waals surface area contributed by atoms with Crippen LogP contribution in [0, 0.1) is 11.8 Å². The van der Waals surface area contributed by atoms with E-state index in [0.29, 0.717) is 11.3 Å². The van der Waals surface area contributed by atoms with Crippen molar-refractivity contribution in [1.29, 1.82) is 0 Å². The smallest absolute Gasteiger partial charge is 0.458 e. The van der Waals surface area contributed by atoms with E-state index in [1.165, 1.54) is 19.1 Å². The molecule has 0 amide bonds. The summed E-state index contributed by atoms with van der Waals surface area (Å²) in [4.78, 5) is 49.2. The van der Waals surface area contributed by atoms with E-state index in [1.807, 2.05) is 27.7 Å². The van der Waals surface area contributed by atoms with Crippen molar-refractivity contribution in [3.63, 3.8) is 0 Å². The number of rotatable bonds is 13. The molecular weight excluding hydrogens is 562 g/mol. The summed E-state index contributed by atoms with van der Waals surface area (Å²) < 4.78 is 36.5. The molecule has 2 N–H and O–H groups in total. The SMILES string of the molecule is CC(C)C(C)OC(=O)Oc1ccc(C[C@H](N)C(=O)O[C@@H](C)COC(=O)Oc2ccccc2)cc1OC(=O)OC(C)C(C)C. The Morgan fingerprint density at radius 3 is 1.79 bits per heavy atom. The summed E-state index contributed by atoms with van der Waals surface area (Å²) in [6.07, 6.45) is -4.62. The molecule has 0 saturated carbocycles. The van der Waals surface area contributed by atoms with Gasteiger partial charge in [0, 0.05) is 0 Å². The molecule has 236 valence electrons. The zero-order valence-corrected chi connectivity index (χ0v) is 25.6. The summed E-state index contributed by atoms with van der Waals surface area (Å²) in [5.74, 6) is -0.587. The Balaban J connectivity index is 2.03. The molecule has 0 aliphatic rings. The van der Waals surface area contributed by atoms with Gasteiger partial charge in [0.15, 0.2) is 11.5 Å². The highest BCUT2D eigenvalue weighted by Crippen LogP contribution is 2.30. The van der Waals surface area contributed by atoms with Crippen molar-refractivity contribution in [2.75, 3.05) is 6.61 Å². The van der Waals surface area contributed by atoms with Gasteiger partial charge in [-0.3, -0.25) is 4.79 Å². The van der Waals surface area contributed by atoms with Crippen LogP contribution >= 0.6 is 0 Å². The van der Waals surface area contributed by atoms with Gasteiger partial charge in [0.2, 0.25) is 0 Å². The number of esters is 1. The Morgan fingerprint density at radius 2 is 1.23 bits per heavy atom. The van der Waals surface area contributed by atoms with E-state index in [2.05, 4.69) is 0 Å². The van der Waals surface area contributed by atoms with Gasteiger partial charge >= 0.3 is 24.4 Å². The van der Waals surface area contributed by atoms with Crippen molar-refractivity contribution in [2.45, 2.75) is 79.2 Å². The van der Waals surface area contributed by atoms with Gasteiger partial charge in [-0.2, -0.15) is 0 Å². The van der Waals surface area contributed by atoms with E-state index in [-0.39, 0.29) is 36.4 Å². The topological polar surface area (TPSA) is 159 Å². The number of para-hydroxylation sites is 1. The largest absolute Gasteiger partial charge is 0.514 e. The van der Waals surface area contributed by atoms with Crippen molar-refractivity contribution in [2.24, 2.45) is 17.6 Å². The fraction of sp³-hybridized carbons (Fsp3) is 0.484. The first-order chi connectivity index (χ1) is 20.2. The van der Waals surface area contributed by atoms with Crippen LogP contribution in [0.25, 0.3) is 0 Å². The number of carbonyl (C=O) groups excluding carboxylic acids is 4. The maximum atomic E-state index is 12.6. The Hall–Kier alpha value is -4.32. The highest BCUT2D eigenvalue weighted by atomic mass is 16.8. The Labute approximate surface area is 251 Å². The van der Waals surface area contributed by atoms with Crippen LogP contribution in [-0.2, 0) is 30.2 Å². The number of carbonyl (C=O) groups is 4. The first-order valence-electron chi connectivity index (χ1n) is 14.0. The maximum absolute atomic E-state index is 12.6. The number of ether oxygens (including phenoxy) is 7. The van der Waals surface area contributed by atoms with Crippen LogP contribution in [0.4, 0.5) is 14.4 Å². The predicted molar refractivity (Wildman–Crippen MR) is 155 cm³/mol. The van der Waals surface area contributed by atoms with Crippen LogP contribution in [0.3, 0.4) is 0 Å². The van der Waals surface area contributed by atoms with Crippen LogP contribution in [-0.4, -0.2) is 55.4 Å². The summed E-state index contributed by atoms with van der Waals surface area (Å²) in [6, 6.07) is 11.6. The van der Waals surface area contributed by atoms with Gasteiger partial charge in [-0.1, -0.05) is 52.0 Å². The van der Waals surface area contributed by atoms with Crippen LogP contribution < -0.4 is 19.9 Å². The normalized spacial score (nSPS) is 13.7. The molecule has 0 heterocycles. The van der Waals surface area contributed by atoms with Crippen LogP contribution in [0.1, 0.15) is 54.0 Å². The minimum Gasteiger partial charge on any atom is -0.458 e. The van der Waals surface area contributed by atoms with Gasteiger partial charge < -0.3 is 38.9 Å². The average Bonchev–Trinajstić information content (AvgIpc) is 2.93. The minimum atomic E-state index is -1.12. The van der Waals surface area contributed by atoms with Crippen LogP contribution in [0.2, 0.25) is 0 Å². The number of hydrogen-bond donors (Lipinski definition) is 1. The zero-order chi connectivity index (χ0) is 32.1. The number of nitrogens with two attached hydrogens (primary N) is 1. The molecule has 12 nitrogen and oxygen atoms in total. The third kappa shape index (κ3) is 12.6. The molecular formula is C31H41NO11. The second kappa shape index (κ2) is 17.0. The molecule has 0 saturated heterocycles. The molecule has 2 aromatic carbocycles. The van der Waals surface area contributed by atoms with Crippen molar-refractivity contribution in [1.82, 2.24) is 0 Å². The zero-order valence-electron chi connectivity index (χ0n) is 25.6. The standard InChI is InChI=1S/C31H41NO11/c1-18(2)21(6)39-30(35)42-26-14-13-23(16-27(26)43-31(36)40-22(7)19(3)4)15-25(32)28(33)38-20(5)17-37-29(34)41-24-11-9-8-10-12-24/h8-14,16,18-22,25H,15,17,32H2,1-7H3/t20-,21?,22?,25-/m0/s1. The van der Waals surface area contributed by atoms with E-state index >= 15 is 0 Å². The van der Waals surface area contributed by atoms with Gasteiger partial charge in [0.05, 0.1) is 0 Å². The molecule has 43 heavy (non-hydrogen) atoms.